The van der Waals surface area contributed by atoms with Crippen LogP contribution in [-0.2, 0) is 0 Å². The predicted octanol–water partition coefficient (Wildman–Crippen LogP) is 2.60. The molecule has 1 aromatic carbocycles. The number of aryl methyl sites for hydroxylation is 1. The Morgan fingerprint density at radius 1 is 1.14 bits per heavy atom. The van der Waals surface area contributed by atoms with Gasteiger partial charge in [-0.15, -0.1) is 0 Å². The van der Waals surface area contributed by atoms with Crippen molar-refractivity contribution in [2.45, 2.75) is 6.92 Å². The molecule has 0 spiro atoms. The first kappa shape index (κ1) is 13.0. The van der Waals surface area contributed by atoms with Gasteiger partial charge in [-0.05, 0) is 31.2 Å². The Kier molecular flexibility index (Phi) is 2.98. The van der Waals surface area contributed by atoms with Crippen molar-refractivity contribution < 1.29 is 4.92 Å². The summed E-state index contributed by atoms with van der Waals surface area (Å²) in [4.78, 5) is 27.3. The first-order chi connectivity index (χ1) is 10.1. The second kappa shape index (κ2) is 4.82. The fourth-order valence-electron chi connectivity index (χ4n) is 2.34. The van der Waals surface area contributed by atoms with E-state index in [1.54, 1.807) is 43.6 Å². The Hall–Kier alpha value is -3.02. The third-order valence-electron chi connectivity index (χ3n) is 3.36. The van der Waals surface area contributed by atoms with E-state index in [4.69, 9.17) is 0 Å². The van der Waals surface area contributed by atoms with Gasteiger partial charge in [-0.25, -0.2) is 0 Å². The molecule has 2 aromatic heterocycles. The van der Waals surface area contributed by atoms with Crippen molar-refractivity contribution in [3.8, 4) is 5.69 Å². The number of hydrogen-bond donors (Lipinski definition) is 0. The topological polar surface area (TPSA) is 78.0 Å². The molecule has 0 fully saturated rings. The molecule has 0 aliphatic carbocycles. The minimum Gasteiger partial charge on any atom is -0.282 e. The maximum absolute atomic E-state index is 12.6. The molecule has 21 heavy (non-hydrogen) atoms. The van der Waals surface area contributed by atoms with E-state index in [9.17, 15) is 14.9 Å². The molecule has 0 amide bonds. The lowest BCUT2D eigenvalue weighted by molar-refractivity contribution is -0.383. The van der Waals surface area contributed by atoms with E-state index in [0.717, 1.165) is 0 Å². The van der Waals surface area contributed by atoms with Crippen LogP contribution in [0.1, 0.15) is 5.69 Å². The minimum atomic E-state index is -0.485. The summed E-state index contributed by atoms with van der Waals surface area (Å²) in [6.07, 6.45) is 3.19. The van der Waals surface area contributed by atoms with Gasteiger partial charge < -0.3 is 0 Å². The normalized spacial score (nSPS) is 10.7. The smallest absolute Gasteiger partial charge is 0.277 e. The van der Waals surface area contributed by atoms with Crippen LogP contribution in [0.4, 0.5) is 5.69 Å². The largest absolute Gasteiger partial charge is 0.282 e. The molecule has 0 N–H and O–H groups in total. The molecule has 0 radical (unpaired) electrons. The Morgan fingerprint density at radius 2 is 1.95 bits per heavy atom. The highest BCUT2D eigenvalue weighted by Crippen LogP contribution is 2.23. The first-order valence-corrected chi connectivity index (χ1v) is 6.30. The van der Waals surface area contributed by atoms with E-state index in [2.05, 4.69) is 4.98 Å². The van der Waals surface area contributed by atoms with Crippen molar-refractivity contribution in [1.82, 2.24) is 9.55 Å². The molecule has 3 aromatic rings. The Labute approximate surface area is 119 Å². The molecule has 2 heterocycles. The van der Waals surface area contributed by atoms with Crippen LogP contribution in [0.15, 0.2) is 53.6 Å². The number of nitro groups is 1. The Morgan fingerprint density at radius 3 is 2.67 bits per heavy atom. The van der Waals surface area contributed by atoms with E-state index in [0.29, 0.717) is 22.2 Å². The maximum atomic E-state index is 12.6. The summed E-state index contributed by atoms with van der Waals surface area (Å²) in [6, 6.07) is 9.61. The Bertz CT molecular complexity index is 915. The summed E-state index contributed by atoms with van der Waals surface area (Å²) in [5, 5.41) is 11.7. The van der Waals surface area contributed by atoms with Crippen LogP contribution in [-0.4, -0.2) is 14.5 Å². The highest BCUT2D eigenvalue weighted by atomic mass is 16.6. The molecule has 0 aliphatic rings. The highest BCUT2D eigenvalue weighted by molar-refractivity contribution is 5.90. The van der Waals surface area contributed by atoms with E-state index < -0.39 is 4.92 Å². The lowest BCUT2D eigenvalue weighted by atomic mass is 10.1. The first-order valence-electron chi connectivity index (χ1n) is 6.30. The van der Waals surface area contributed by atoms with Crippen molar-refractivity contribution in [3.05, 3.63) is 75.0 Å². The quantitative estimate of drug-likeness (QED) is 0.534. The summed E-state index contributed by atoms with van der Waals surface area (Å²) in [5.41, 5.74) is 1.01. The summed E-state index contributed by atoms with van der Waals surface area (Å²) < 4.78 is 1.45. The van der Waals surface area contributed by atoms with Gasteiger partial charge in [0.2, 0.25) is 0 Å². The second-order valence-corrected chi connectivity index (χ2v) is 4.59. The SMILES string of the molecule is Cc1ncccc1-n1ccc2c([N+](=O)[O-])cccc2c1=O. The molecule has 104 valence electrons. The van der Waals surface area contributed by atoms with Gasteiger partial charge in [-0.3, -0.25) is 24.5 Å². The second-order valence-electron chi connectivity index (χ2n) is 4.59. The molecule has 0 saturated carbocycles. The highest BCUT2D eigenvalue weighted by Gasteiger charge is 2.14. The van der Waals surface area contributed by atoms with E-state index >= 15 is 0 Å². The van der Waals surface area contributed by atoms with Crippen molar-refractivity contribution in [3.63, 3.8) is 0 Å². The van der Waals surface area contributed by atoms with Gasteiger partial charge in [0, 0.05) is 18.5 Å². The number of nitro benzene ring substituents is 1. The molecule has 0 bridgehead atoms. The summed E-state index contributed by atoms with van der Waals surface area (Å²) in [7, 11) is 0. The molecule has 0 atom stereocenters. The van der Waals surface area contributed by atoms with Gasteiger partial charge in [0.25, 0.3) is 11.2 Å². The number of rotatable bonds is 2. The molecule has 0 saturated heterocycles. The summed E-state index contributed by atoms with van der Waals surface area (Å²) in [6.45, 7) is 1.80. The van der Waals surface area contributed by atoms with E-state index in [-0.39, 0.29) is 11.2 Å². The van der Waals surface area contributed by atoms with Gasteiger partial charge in [0.05, 0.1) is 27.1 Å². The number of aromatic nitrogens is 2. The summed E-state index contributed by atoms with van der Waals surface area (Å²) >= 11 is 0. The van der Waals surface area contributed by atoms with Crippen molar-refractivity contribution >= 4 is 16.5 Å². The van der Waals surface area contributed by atoms with Crippen molar-refractivity contribution in [2.24, 2.45) is 0 Å². The molecule has 6 nitrogen and oxygen atoms in total. The average Bonchev–Trinajstić information content (AvgIpc) is 2.48. The van der Waals surface area contributed by atoms with Crippen LogP contribution in [0, 0.1) is 17.0 Å². The number of nitrogens with zero attached hydrogens (tertiary/aromatic N) is 3. The predicted molar refractivity (Wildman–Crippen MR) is 78.7 cm³/mol. The third kappa shape index (κ3) is 2.06. The zero-order valence-electron chi connectivity index (χ0n) is 11.2. The molecule has 0 unspecified atom stereocenters. The van der Waals surface area contributed by atoms with Gasteiger partial charge >= 0.3 is 0 Å². The fourth-order valence-corrected chi connectivity index (χ4v) is 2.34. The monoisotopic (exact) mass is 281 g/mol. The average molecular weight is 281 g/mol. The number of non-ortho nitro benzene ring substituents is 1. The molecule has 3 rings (SSSR count). The van der Waals surface area contributed by atoms with Crippen LogP contribution in [0.5, 0.6) is 0 Å². The number of fused-ring (bicyclic) bond motifs is 1. The zero-order valence-corrected chi connectivity index (χ0v) is 11.2. The van der Waals surface area contributed by atoms with Gasteiger partial charge in [0.1, 0.15) is 0 Å². The molecular weight excluding hydrogens is 270 g/mol. The Balaban J connectivity index is 2.35. The van der Waals surface area contributed by atoms with Crippen molar-refractivity contribution in [2.75, 3.05) is 0 Å². The molecular formula is C15H11N3O3. The van der Waals surface area contributed by atoms with Crippen molar-refractivity contribution in [1.29, 1.82) is 0 Å². The van der Waals surface area contributed by atoms with E-state index in [1.165, 1.54) is 16.7 Å². The lowest BCUT2D eigenvalue weighted by Crippen LogP contribution is -2.19. The molecule has 6 heteroatoms. The van der Waals surface area contributed by atoms with Crippen LogP contribution >= 0.6 is 0 Å². The summed E-state index contributed by atoms with van der Waals surface area (Å²) in [5.74, 6) is 0. The lowest BCUT2D eigenvalue weighted by Gasteiger charge is -2.09. The van der Waals surface area contributed by atoms with Crippen LogP contribution < -0.4 is 5.56 Å². The minimum absolute atomic E-state index is 0.0698. The fraction of sp³-hybridized carbons (Fsp3) is 0.0667. The third-order valence-corrected chi connectivity index (χ3v) is 3.36. The van der Waals surface area contributed by atoms with Crippen LogP contribution in [0.2, 0.25) is 0 Å². The zero-order chi connectivity index (χ0) is 15.0. The van der Waals surface area contributed by atoms with Crippen LogP contribution in [0.3, 0.4) is 0 Å². The van der Waals surface area contributed by atoms with Gasteiger partial charge in [0.15, 0.2) is 0 Å². The number of benzene rings is 1. The number of hydrogen-bond acceptors (Lipinski definition) is 4. The van der Waals surface area contributed by atoms with E-state index in [1.807, 2.05) is 0 Å². The molecule has 0 aliphatic heterocycles. The van der Waals surface area contributed by atoms with Gasteiger partial charge in [-0.2, -0.15) is 0 Å². The van der Waals surface area contributed by atoms with Crippen LogP contribution in [0.25, 0.3) is 16.5 Å². The standard InChI is InChI=1S/C15H11N3O3/c1-10-13(6-3-8-16-10)17-9-7-11-12(15(17)19)4-2-5-14(11)18(20)21/h2-9H,1H3. The maximum Gasteiger partial charge on any atom is 0.277 e. The van der Waals surface area contributed by atoms with Gasteiger partial charge in [-0.1, -0.05) is 6.07 Å². The number of pyridine rings is 2.